The zero-order valence-corrected chi connectivity index (χ0v) is 20.2. The van der Waals surface area contributed by atoms with E-state index in [1.165, 1.54) is 0 Å². The summed E-state index contributed by atoms with van der Waals surface area (Å²) in [7, 11) is 0. The van der Waals surface area contributed by atoms with Crippen LogP contribution in [0.3, 0.4) is 0 Å². The van der Waals surface area contributed by atoms with Crippen LogP contribution in [-0.4, -0.2) is 48.1 Å². The molecule has 3 aromatic carbocycles. The normalized spacial score (nSPS) is 10.3. The third kappa shape index (κ3) is 8.75. The van der Waals surface area contributed by atoms with Gasteiger partial charge in [-0.1, -0.05) is 60.7 Å². The minimum absolute atomic E-state index is 0.131. The maximum atomic E-state index is 13.0. The van der Waals surface area contributed by atoms with Gasteiger partial charge in [0.25, 0.3) is 5.91 Å². The van der Waals surface area contributed by atoms with E-state index < -0.39 is 11.8 Å². The van der Waals surface area contributed by atoms with E-state index in [2.05, 4.69) is 5.32 Å². The standard InChI is InChI=1S/C27H29N3O4S/c28-25(31)16-18-30(17-15-21-9-3-1-4-10-21)27(35)29-26(32)23-13-7-8-14-24(23)34-20-19-33-22-11-5-2-6-12-22/h1-14H,15-20H2,(H2,28,31)(H,29,32,35). The highest BCUT2D eigenvalue weighted by atomic mass is 32.1. The number of nitrogens with two attached hydrogens (primary N) is 1. The van der Waals surface area contributed by atoms with E-state index in [0.29, 0.717) is 37.4 Å². The first-order valence-electron chi connectivity index (χ1n) is 11.3. The lowest BCUT2D eigenvalue weighted by molar-refractivity contribution is -0.118. The quantitative estimate of drug-likeness (QED) is 0.297. The maximum Gasteiger partial charge on any atom is 0.261 e. The Morgan fingerprint density at radius 3 is 2.17 bits per heavy atom. The van der Waals surface area contributed by atoms with Gasteiger partial charge in [0.15, 0.2) is 5.11 Å². The van der Waals surface area contributed by atoms with E-state index in [-0.39, 0.29) is 18.1 Å². The van der Waals surface area contributed by atoms with Crippen LogP contribution >= 0.6 is 12.2 Å². The Hall–Kier alpha value is -3.91. The Kier molecular flexibility index (Phi) is 10.1. The fourth-order valence-corrected chi connectivity index (χ4v) is 3.60. The topological polar surface area (TPSA) is 93.9 Å². The highest BCUT2D eigenvalue weighted by Crippen LogP contribution is 2.18. The maximum absolute atomic E-state index is 13.0. The number of nitrogens with one attached hydrogen (secondary N) is 1. The number of ether oxygens (including phenoxy) is 2. The molecule has 182 valence electrons. The smallest absolute Gasteiger partial charge is 0.261 e. The van der Waals surface area contributed by atoms with Crippen LogP contribution in [0, 0.1) is 0 Å². The van der Waals surface area contributed by atoms with Gasteiger partial charge in [-0.2, -0.15) is 0 Å². The van der Waals surface area contributed by atoms with Gasteiger partial charge < -0.3 is 20.1 Å². The summed E-state index contributed by atoms with van der Waals surface area (Å²) in [4.78, 5) is 26.1. The van der Waals surface area contributed by atoms with E-state index >= 15 is 0 Å². The fraction of sp³-hybridized carbons (Fsp3) is 0.222. The molecule has 0 saturated heterocycles. The second-order valence-electron chi connectivity index (χ2n) is 7.70. The molecule has 0 radical (unpaired) electrons. The molecule has 3 rings (SSSR count). The fourth-order valence-electron chi connectivity index (χ4n) is 3.32. The Labute approximate surface area is 210 Å². The minimum Gasteiger partial charge on any atom is -0.490 e. The number of rotatable bonds is 12. The summed E-state index contributed by atoms with van der Waals surface area (Å²) in [5.41, 5.74) is 6.81. The molecule has 0 heterocycles. The zero-order chi connectivity index (χ0) is 24.9. The Morgan fingerprint density at radius 1 is 0.829 bits per heavy atom. The minimum atomic E-state index is -0.430. The molecule has 8 heteroatoms. The van der Waals surface area contributed by atoms with Gasteiger partial charge in [-0.3, -0.25) is 14.9 Å². The molecule has 0 unspecified atom stereocenters. The lowest BCUT2D eigenvalue weighted by atomic mass is 10.1. The number of carbonyl (C=O) groups excluding carboxylic acids is 2. The summed E-state index contributed by atoms with van der Waals surface area (Å²) in [6.45, 7) is 1.45. The van der Waals surface area contributed by atoms with Crippen molar-refractivity contribution >= 4 is 29.1 Å². The summed E-state index contributed by atoms with van der Waals surface area (Å²) in [6.07, 6.45) is 0.836. The number of hydrogen-bond donors (Lipinski definition) is 2. The first-order valence-corrected chi connectivity index (χ1v) is 11.8. The third-order valence-corrected chi connectivity index (χ3v) is 5.49. The molecule has 3 N–H and O–H groups in total. The number of primary amides is 1. The van der Waals surface area contributed by atoms with Crippen LogP contribution < -0.4 is 20.5 Å². The highest BCUT2D eigenvalue weighted by molar-refractivity contribution is 7.80. The van der Waals surface area contributed by atoms with Gasteiger partial charge in [-0.25, -0.2) is 0 Å². The SMILES string of the molecule is NC(=O)CCN(CCc1ccccc1)C(=S)NC(=O)c1ccccc1OCCOc1ccccc1. The molecule has 0 aliphatic carbocycles. The summed E-state index contributed by atoms with van der Waals surface area (Å²) in [5, 5.41) is 3.00. The van der Waals surface area contributed by atoms with Crippen molar-refractivity contribution in [2.45, 2.75) is 12.8 Å². The first kappa shape index (κ1) is 25.7. The van der Waals surface area contributed by atoms with Gasteiger partial charge >= 0.3 is 0 Å². The van der Waals surface area contributed by atoms with E-state index in [1.807, 2.05) is 60.7 Å². The first-order chi connectivity index (χ1) is 17.0. The van der Waals surface area contributed by atoms with Gasteiger partial charge in [0, 0.05) is 19.5 Å². The lowest BCUT2D eigenvalue weighted by Gasteiger charge is -2.25. The molecule has 7 nitrogen and oxygen atoms in total. The van der Waals surface area contributed by atoms with Gasteiger partial charge in [-0.05, 0) is 48.5 Å². The van der Waals surface area contributed by atoms with Crippen LogP contribution in [0.2, 0.25) is 0 Å². The van der Waals surface area contributed by atoms with Crippen LogP contribution in [0.5, 0.6) is 11.5 Å². The lowest BCUT2D eigenvalue weighted by Crippen LogP contribution is -2.44. The van der Waals surface area contributed by atoms with Crippen LogP contribution in [-0.2, 0) is 11.2 Å². The van der Waals surface area contributed by atoms with E-state index in [1.54, 1.807) is 29.2 Å². The van der Waals surface area contributed by atoms with E-state index in [9.17, 15) is 9.59 Å². The molecule has 0 saturated carbocycles. The number of benzene rings is 3. The second kappa shape index (κ2) is 13.7. The molecule has 2 amide bonds. The zero-order valence-electron chi connectivity index (χ0n) is 19.4. The molecular weight excluding hydrogens is 462 g/mol. The molecular formula is C27H29N3O4S. The largest absolute Gasteiger partial charge is 0.490 e. The van der Waals surface area contributed by atoms with Crippen molar-refractivity contribution < 1.29 is 19.1 Å². The number of thiocarbonyl (C=S) groups is 1. The number of nitrogens with zero attached hydrogens (tertiary/aromatic N) is 1. The number of para-hydroxylation sites is 2. The van der Waals surface area contributed by atoms with Crippen LogP contribution in [0.1, 0.15) is 22.3 Å². The highest BCUT2D eigenvalue weighted by Gasteiger charge is 2.18. The van der Waals surface area contributed by atoms with Gasteiger partial charge in [-0.15, -0.1) is 0 Å². The Morgan fingerprint density at radius 2 is 1.46 bits per heavy atom. The number of carbonyl (C=O) groups is 2. The summed E-state index contributed by atoms with van der Waals surface area (Å²) in [5.74, 6) is 0.357. The van der Waals surface area contributed by atoms with Crippen molar-refractivity contribution in [1.29, 1.82) is 0 Å². The molecule has 3 aromatic rings. The van der Waals surface area contributed by atoms with E-state index in [4.69, 9.17) is 27.4 Å². The monoisotopic (exact) mass is 491 g/mol. The Bertz CT molecular complexity index is 1110. The summed E-state index contributed by atoms with van der Waals surface area (Å²) < 4.78 is 11.4. The van der Waals surface area contributed by atoms with Crippen molar-refractivity contribution in [3.63, 3.8) is 0 Å². The van der Waals surface area contributed by atoms with E-state index in [0.717, 1.165) is 11.3 Å². The van der Waals surface area contributed by atoms with Crippen molar-refractivity contribution in [3.8, 4) is 11.5 Å². The van der Waals surface area contributed by atoms with Crippen molar-refractivity contribution in [2.24, 2.45) is 5.73 Å². The molecule has 0 spiro atoms. The molecule has 35 heavy (non-hydrogen) atoms. The molecule has 0 atom stereocenters. The van der Waals surface area contributed by atoms with Crippen LogP contribution in [0.4, 0.5) is 0 Å². The number of hydrogen-bond acceptors (Lipinski definition) is 5. The predicted octanol–water partition coefficient (Wildman–Crippen LogP) is 3.58. The van der Waals surface area contributed by atoms with Crippen LogP contribution in [0.25, 0.3) is 0 Å². The molecule has 0 aliphatic heterocycles. The van der Waals surface area contributed by atoms with Gasteiger partial charge in [0.2, 0.25) is 5.91 Å². The summed E-state index contributed by atoms with van der Waals surface area (Å²) in [6, 6.07) is 26.3. The molecule has 0 aliphatic rings. The van der Waals surface area contributed by atoms with Crippen molar-refractivity contribution in [3.05, 3.63) is 96.1 Å². The second-order valence-corrected chi connectivity index (χ2v) is 8.09. The third-order valence-electron chi connectivity index (χ3n) is 5.13. The summed E-state index contributed by atoms with van der Waals surface area (Å²) >= 11 is 5.50. The molecule has 0 bridgehead atoms. The van der Waals surface area contributed by atoms with Crippen molar-refractivity contribution in [1.82, 2.24) is 10.2 Å². The predicted molar refractivity (Wildman–Crippen MR) is 139 cm³/mol. The molecule has 0 fully saturated rings. The average molecular weight is 492 g/mol. The average Bonchev–Trinajstić information content (AvgIpc) is 2.88. The molecule has 0 aromatic heterocycles. The van der Waals surface area contributed by atoms with Crippen LogP contribution in [0.15, 0.2) is 84.9 Å². The van der Waals surface area contributed by atoms with Crippen molar-refractivity contribution in [2.75, 3.05) is 26.3 Å². The van der Waals surface area contributed by atoms with Gasteiger partial charge in [0.1, 0.15) is 24.7 Å². The van der Waals surface area contributed by atoms with Gasteiger partial charge in [0.05, 0.1) is 5.56 Å². The Balaban J connectivity index is 1.58. The number of amides is 2.